The maximum atomic E-state index is 3.72. The minimum atomic E-state index is 0.221. The van der Waals surface area contributed by atoms with E-state index in [1.165, 1.54) is 51.9 Å². The summed E-state index contributed by atoms with van der Waals surface area (Å²) in [7, 11) is 0. The van der Waals surface area contributed by atoms with Crippen molar-refractivity contribution in [1.29, 1.82) is 0 Å². The fourth-order valence-corrected chi connectivity index (χ4v) is 3.85. The van der Waals surface area contributed by atoms with Crippen molar-refractivity contribution in [2.24, 2.45) is 5.92 Å². The predicted molar refractivity (Wildman–Crippen MR) is 91.8 cm³/mol. The molecule has 2 rings (SSSR count). The van der Waals surface area contributed by atoms with Gasteiger partial charge < -0.3 is 5.32 Å². The van der Waals surface area contributed by atoms with Crippen molar-refractivity contribution in [3.05, 3.63) is 0 Å². The molecule has 2 saturated heterocycles. The zero-order valence-corrected chi connectivity index (χ0v) is 15.0. The number of hydrogen-bond acceptors (Lipinski definition) is 3. The van der Waals surface area contributed by atoms with E-state index in [9.17, 15) is 0 Å². The first-order valence-electron chi connectivity index (χ1n) is 9.10. The normalized spacial score (nSPS) is 27.4. The van der Waals surface area contributed by atoms with E-state index in [4.69, 9.17) is 0 Å². The van der Waals surface area contributed by atoms with Crippen LogP contribution in [0.5, 0.6) is 0 Å². The number of nitrogens with one attached hydrogen (secondary N) is 1. The molecule has 0 radical (unpaired) electrons. The van der Waals surface area contributed by atoms with Gasteiger partial charge in [-0.05, 0) is 59.0 Å². The van der Waals surface area contributed by atoms with E-state index in [1.807, 2.05) is 0 Å². The summed E-state index contributed by atoms with van der Waals surface area (Å²) in [4.78, 5) is 5.51. The highest BCUT2D eigenvalue weighted by molar-refractivity contribution is 4.90. The van der Waals surface area contributed by atoms with Gasteiger partial charge in [0, 0.05) is 37.3 Å². The first kappa shape index (κ1) is 17.2. The van der Waals surface area contributed by atoms with Crippen molar-refractivity contribution in [1.82, 2.24) is 15.1 Å². The molecule has 3 nitrogen and oxygen atoms in total. The molecule has 0 amide bonds. The number of rotatable bonds is 5. The quantitative estimate of drug-likeness (QED) is 0.841. The number of nitrogens with zero attached hydrogens (tertiary/aromatic N) is 2. The van der Waals surface area contributed by atoms with E-state index < -0.39 is 0 Å². The van der Waals surface area contributed by atoms with Crippen LogP contribution >= 0.6 is 0 Å². The SMILES string of the molecule is CC(C)C(CNC(C)(C)C)N1CCC(N2CCCCC2)C1. The molecule has 2 fully saturated rings. The van der Waals surface area contributed by atoms with E-state index in [0.29, 0.717) is 6.04 Å². The van der Waals surface area contributed by atoms with Gasteiger partial charge in [0.2, 0.25) is 0 Å². The Balaban J connectivity index is 1.86. The van der Waals surface area contributed by atoms with E-state index in [2.05, 4.69) is 49.7 Å². The highest BCUT2D eigenvalue weighted by Gasteiger charge is 2.33. The molecule has 0 aromatic heterocycles. The molecule has 0 aliphatic carbocycles. The molecule has 2 atom stereocenters. The van der Waals surface area contributed by atoms with Gasteiger partial charge in [0.05, 0.1) is 0 Å². The number of piperidine rings is 1. The third-order valence-electron chi connectivity index (χ3n) is 5.18. The Morgan fingerprint density at radius 3 is 2.29 bits per heavy atom. The highest BCUT2D eigenvalue weighted by atomic mass is 15.3. The summed E-state index contributed by atoms with van der Waals surface area (Å²) in [6.45, 7) is 17.9. The van der Waals surface area contributed by atoms with Crippen LogP contribution in [0.3, 0.4) is 0 Å². The summed E-state index contributed by atoms with van der Waals surface area (Å²) < 4.78 is 0. The van der Waals surface area contributed by atoms with Crippen molar-refractivity contribution in [2.45, 2.75) is 77.9 Å². The van der Waals surface area contributed by atoms with Crippen LogP contribution in [0.4, 0.5) is 0 Å². The van der Waals surface area contributed by atoms with Crippen molar-refractivity contribution in [3.8, 4) is 0 Å². The van der Waals surface area contributed by atoms with Gasteiger partial charge >= 0.3 is 0 Å². The number of likely N-dealkylation sites (tertiary alicyclic amines) is 2. The Morgan fingerprint density at radius 1 is 1.05 bits per heavy atom. The van der Waals surface area contributed by atoms with Crippen molar-refractivity contribution < 1.29 is 0 Å². The van der Waals surface area contributed by atoms with E-state index >= 15 is 0 Å². The van der Waals surface area contributed by atoms with Gasteiger partial charge in [-0.2, -0.15) is 0 Å². The molecule has 0 saturated carbocycles. The second kappa shape index (κ2) is 7.43. The molecular weight excluding hydrogens is 258 g/mol. The molecule has 1 N–H and O–H groups in total. The third kappa shape index (κ3) is 5.22. The standard InChI is InChI=1S/C18H37N3/c1-15(2)17(13-19-18(3,4)5)21-12-9-16(14-21)20-10-7-6-8-11-20/h15-17,19H,6-14H2,1-5H3. The molecule has 2 heterocycles. The Morgan fingerprint density at radius 2 is 1.71 bits per heavy atom. The van der Waals surface area contributed by atoms with Gasteiger partial charge in [0.25, 0.3) is 0 Å². The molecule has 21 heavy (non-hydrogen) atoms. The van der Waals surface area contributed by atoms with Gasteiger partial charge in [-0.25, -0.2) is 0 Å². The van der Waals surface area contributed by atoms with Crippen LogP contribution in [-0.4, -0.2) is 60.1 Å². The molecule has 0 bridgehead atoms. The van der Waals surface area contributed by atoms with Crippen LogP contribution in [-0.2, 0) is 0 Å². The molecular formula is C18H37N3. The maximum absolute atomic E-state index is 3.72. The van der Waals surface area contributed by atoms with E-state index in [1.54, 1.807) is 0 Å². The van der Waals surface area contributed by atoms with Crippen molar-refractivity contribution in [3.63, 3.8) is 0 Å². The lowest BCUT2D eigenvalue weighted by molar-refractivity contribution is 0.134. The molecule has 0 spiro atoms. The minimum Gasteiger partial charge on any atom is -0.311 e. The fraction of sp³-hybridized carbons (Fsp3) is 1.00. The number of hydrogen-bond donors (Lipinski definition) is 1. The smallest absolute Gasteiger partial charge is 0.0244 e. The zero-order chi connectivity index (χ0) is 15.5. The summed E-state index contributed by atoms with van der Waals surface area (Å²) in [5.41, 5.74) is 0.221. The molecule has 2 aliphatic rings. The van der Waals surface area contributed by atoms with Crippen LogP contribution in [0.1, 0.15) is 60.3 Å². The van der Waals surface area contributed by atoms with Crippen molar-refractivity contribution in [2.75, 3.05) is 32.7 Å². The maximum Gasteiger partial charge on any atom is 0.0244 e. The summed E-state index contributed by atoms with van der Waals surface area (Å²) >= 11 is 0. The lowest BCUT2D eigenvalue weighted by Gasteiger charge is -2.36. The molecule has 2 aliphatic heterocycles. The Labute approximate surface area is 132 Å². The highest BCUT2D eigenvalue weighted by Crippen LogP contribution is 2.24. The lowest BCUT2D eigenvalue weighted by atomic mass is 10.0. The van der Waals surface area contributed by atoms with Gasteiger partial charge in [0.1, 0.15) is 0 Å². The minimum absolute atomic E-state index is 0.221. The zero-order valence-electron chi connectivity index (χ0n) is 15.0. The molecule has 124 valence electrons. The van der Waals surface area contributed by atoms with Crippen LogP contribution in [0.15, 0.2) is 0 Å². The van der Waals surface area contributed by atoms with E-state index in [0.717, 1.165) is 18.5 Å². The van der Waals surface area contributed by atoms with Crippen LogP contribution in [0.25, 0.3) is 0 Å². The lowest BCUT2D eigenvalue weighted by Crippen LogP contribution is -2.50. The first-order valence-corrected chi connectivity index (χ1v) is 9.10. The Kier molecular flexibility index (Phi) is 6.10. The van der Waals surface area contributed by atoms with Gasteiger partial charge in [0.15, 0.2) is 0 Å². The van der Waals surface area contributed by atoms with Crippen molar-refractivity contribution >= 4 is 0 Å². The summed E-state index contributed by atoms with van der Waals surface area (Å²) in [5, 5.41) is 3.72. The molecule has 0 aromatic carbocycles. The van der Waals surface area contributed by atoms with Gasteiger partial charge in [-0.1, -0.05) is 20.3 Å². The average molecular weight is 296 g/mol. The fourth-order valence-electron chi connectivity index (χ4n) is 3.85. The molecule has 0 aromatic rings. The Hall–Kier alpha value is -0.120. The molecule has 2 unspecified atom stereocenters. The second-order valence-corrected chi connectivity index (χ2v) is 8.48. The summed E-state index contributed by atoms with van der Waals surface area (Å²) in [5.74, 6) is 0.722. The van der Waals surface area contributed by atoms with Crippen LogP contribution in [0.2, 0.25) is 0 Å². The monoisotopic (exact) mass is 295 g/mol. The Bertz CT molecular complexity index is 302. The van der Waals surface area contributed by atoms with Crippen LogP contribution < -0.4 is 5.32 Å². The first-order chi connectivity index (χ1) is 9.87. The largest absolute Gasteiger partial charge is 0.311 e. The van der Waals surface area contributed by atoms with Crippen LogP contribution in [0, 0.1) is 5.92 Å². The predicted octanol–water partition coefficient (Wildman–Crippen LogP) is 2.96. The van der Waals surface area contributed by atoms with Gasteiger partial charge in [-0.15, -0.1) is 0 Å². The molecule has 3 heteroatoms. The summed E-state index contributed by atoms with van der Waals surface area (Å²) in [6.07, 6.45) is 5.64. The second-order valence-electron chi connectivity index (χ2n) is 8.48. The third-order valence-corrected chi connectivity index (χ3v) is 5.18. The van der Waals surface area contributed by atoms with Gasteiger partial charge in [-0.3, -0.25) is 9.80 Å². The topological polar surface area (TPSA) is 18.5 Å². The van der Waals surface area contributed by atoms with E-state index in [-0.39, 0.29) is 5.54 Å². The average Bonchev–Trinajstić information content (AvgIpc) is 2.88. The summed E-state index contributed by atoms with van der Waals surface area (Å²) in [6, 6.07) is 1.50.